The van der Waals surface area contributed by atoms with E-state index < -0.39 is 0 Å². The van der Waals surface area contributed by atoms with E-state index in [1.54, 1.807) is 0 Å². The van der Waals surface area contributed by atoms with E-state index in [0.29, 0.717) is 12.5 Å². The quantitative estimate of drug-likeness (QED) is 0.528. The van der Waals surface area contributed by atoms with Crippen LogP contribution in [0.5, 0.6) is 0 Å². The van der Waals surface area contributed by atoms with Gasteiger partial charge in [0, 0.05) is 12.5 Å². The second-order valence-corrected chi connectivity index (χ2v) is 4.97. The van der Waals surface area contributed by atoms with Gasteiger partial charge in [-0.15, -0.1) is 0 Å². The van der Waals surface area contributed by atoms with Gasteiger partial charge in [-0.1, -0.05) is 33.1 Å². The summed E-state index contributed by atoms with van der Waals surface area (Å²) < 4.78 is 11.1. The van der Waals surface area contributed by atoms with Crippen LogP contribution in [0.3, 0.4) is 0 Å². The number of hydrogen-bond acceptors (Lipinski definition) is 3. The monoisotopic (exact) mass is 242 g/mol. The van der Waals surface area contributed by atoms with Crippen LogP contribution in [0.2, 0.25) is 0 Å². The fraction of sp³-hybridized carbons (Fsp3) is 0.929. The highest BCUT2D eigenvalue weighted by Crippen LogP contribution is 2.29. The molecule has 17 heavy (non-hydrogen) atoms. The molecule has 0 aromatic carbocycles. The van der Waals surface area contributed by atoms with Crippen LogP contribution in [0.1, 0.15) is 59.3 Å². The Kier molecular flexibility index (Phi) is 6.56. The Balaban J connectivity index is 2.49. The number of rotatable bonds is 6. The van der Waals surface area contributed by atoms with Crippen molar-refractivity contribution >= 4 is 5.97 Å². The fourth-order valence-electron chi connectivity index (χ4n) is 2.23. The molecule has 1 aliphatic rings. The number of carbonyl (C=O) groups excluding carboxylic acids is 1. The highest BCUT2D eigenvalue weighted by molar-refractivity contribution is 5.72. The summed E-state index contributed by atoms with van der Waals surface area (Å²) in [5.41, 5.74) is 0. The molecule has 1 aliphatic carbocycles. The largest absolute Gasteiger partial charge is 0.435 e. The molecule has 0 radical (unpaired) electrons. The zero-order chi connectivity index (χ0) is 12.7. The molecule has 1 saturated carbocycles. The highest BCUT2D eigenvalue weighted by Gasteiger charge is 2.28. The molecule has 0 amide bonds. The lowest BCUT2D eigenvalue weighted by molar-refractivity contribution is -0.197. The molecule has 3 nitrogen and oxygen atoms in total. The van der Waals surface area contributed by atoms with Crippen molar-refractivity contribution in [3.8, 4) is 0 Å². The maximum atomic E-state index is 11.8. The molecule has 0 bridgehead atoms. The molecule has 0 heterocycles. The molecule has 0 aliphatic heterocycles. The van der Waals surface area contributed by atoms with Gasteiger partial charge in [0.25, 0.3) is 0 Å². The smallest absolute Gasteiger partial charge is 0.310 e. The van der Waals surface area contributed by atoms with Gasteiger partial charge >= 0.3 is 5.97 Å². The van der Waals surface area contributed by atoms with Crippen molar-refractivity contribution in [2.75, 3.05) is 6.61 Å². The van der Waals surface area contributed by atoms with E-state index in [4.69, 9.17) is 9.47 Å². The van der Waals surface area contributed by atoms with Gasteiger partial charge in [-0.25, -0.2) is 0 Å². The number of esters is 1. The van der Waals surface area contributed by atoms with Crippen LogP contribution in [0.25, 0.3) is 0 Å². The van der Waals surface area contributed by atoms with Crippen LogP contribution in [0, 0.1) is 11.8 Å². The average molecular weight is 242 g/mol. The molecule has 1 fully saturated rings. The van der Waals surface area contributed by atoms with Gasteiger partial charge in [0.1, 0.15) is 0 Å². The average Bonchev–Trinajstić information content (AvgIpc) is 2.38. The first kappa shape index (κ1) is 14.5. The van der Waals surface area contributed by atoms with Crippen LogP contribution >= 0.6 is 0 Å². The van der Waals surface area contributed by atoms with Crippen molar-refractivity contribution in [2.24, 2.45) is 11.8 Å². The second-order valence-electron chi connectivity index (χ2n) is 4.97. The third-order valence-electron chi connectivity index (χ3n) is 3.61. The Hall–Kier alpha value is -0.570. The minimum atomic E-state index is -0.318. The second kappa shape index (κ2) is 7.70. The van der Waals surface area contributed by atoms with Gasteiger partial charge in [-0.05, 0) is 26.2 Å². The molecule has 0 spiro atoms. The Bertz CT molecular complexity index is 222. The molecule has 2 atom stereocenters. The Morgan fingerprint density at radius 1 is 1.24 bits per heavy atom. The lowest BCUT2D eigenvalue weighted by atomic mass is 9.89. The minimum Gasteiger partial charge on any atom is -0.435 e. The van der Waals surface area contributed by atoms with Gasteiger partial charge in [0.2, 0.25) is 6.29 Å². The first-order valence-electron chi connectivity index (χ1n) is 7.01. The Labute approximate surface area is 105 Å². The van der Waals surface area contributed by atoms with E-state index in [1.807, 2.05) is 20.8 Å². The molecule has 3 heteroatoms. The van der Waals surface area contributed by atoms with Gasteiger partial charge in [0.05, 0.1) is 5.92 Å². The third kappa shape index (κ3) is 4.66. The van der Waals surface area contributed by atoms with E-state index in [-0.39, 0.29) is 18.2 Å². The maximum absolute atomic E-state index is 11.8. The SMILES string of the molecule is CCOC(OC(=O)C(C)CC)C1CCCCC1. The van der Waals surface area contributed by atoms with Crippen molar-refractivity contribution in [1.82, 2.24) is 0 Å². The van der Waals surface area contributed by atoms with Crippen molar-refractivity contribution in [3.63, 3.8) is 0 Å². The van der Waals surface area contributed by atoms with Crippen molar-refractivity contribution in [3.05, 3.63) is 0 Å². The standard InChI is InChI=1S/C14H26O3/c1-4-11(3)13(15)17-14(16-5-2)12-9-7-6-8-10-12/h11-12,14H,4-10H2,1-3H3. The van der Waals surface area contributed by atoms with E-state index >= 15 is 0 Å². The van der Waals surface area contributed by atoms with Crippen molar-refractivity contribution < 1.29 is 14.3 Å². The zero-order valence-corrected chi connectivity index (χ0v) is 11.4. The predicted octanol–water partition coefficient (Wildman–Crippen LogP) is 3.52. The Morgan fingerprint density at radius 2 is 1.88 bits per heavy atom. The van der Waals surface area contributed by atoms with E-state index in [1.165, 1.54) is 19.3 Å². The van der Waals surface area contributed by atoms with E-state index in [9.17, 15) is 4.79 Å². The molecule has 0 aromatic rings. The molecule has 1 rings (SSSR count). The number of ether oxygens (including phenoxy) is 2. The topological polar surface area (TPSA) is 35.5 Å². The normalized spacial score (nSPS) is 20.9. The molecule has 0 saturated heterocycles. The van der Waals surface area contributed by atoms with Crippen LogP contribution < -0.4 is 0 Å². The minimum absolute atomic E-state index is 0.0263. The maximum Gasteiger partial charge on any atom is 0.310 e. The molecule has 2 unspecified atom stereocenters. The van der Waals surface area contributed by atoms with Crippen LogP contribution in [-0.2, 0) is 14.3 Å². The molecular formula is C14H26O3. The van der Waals surface area contributed by atoms with Gasteiger partial charge < -0.3 is 9.47 Å². The molecular weight excluding hydrogens is 216 g/mol. The Morgan fingerprint density at radius 3 is 2.41 bits per heavy atom. The summed E-state index contributed by atoms with van der Waals surface area (Å²) in [4.78, 5) is 11.8. The van der Waals surface area contributed by atoms with E-state index in [2.05, 4.69) is 0 Å². The van der Waals surface area contributed by atoms with Gasteiger partial charge in [0.15, 0.2) is 0 Å². The summed E-state index contributed by atoms with van der Waals surface area (Å²) >= 11 is 0. The first-order chi connectivity index (χ1) is 8.19. The summed E-state index contributed by atoms with van der Waals surface area (Å²) in [5, 5.41) is 0. The lowest BCUT2D eigenvalue weighted by Gasteiger charge is -2.30. The van der Waals surface area contributed by atoms with Crippen LogP contribution in [-0.4, -0.2) is 18.9 Å². The summed E-state index contributed by atoms with van der Waals surface area (Å²) in [7, 11) is 0. The molecule has 100 valence electrons. The molecule has 0 aromatic heterocycles. The predicted molar refractivity (Wildman–Crippen MR) is 67.5 cm³/mol. The summed E-state index contributed by atoms with van der Waals surface area (Å²) in [5.74, 6) is 0.259. The summed E-state index contributed by atoms with van der Waals surface area (Å²) in [6, 6.07) is 0. The third-order valence-corrected chi connectivity index (χ3v) is 3.61. The van der Waals surface area contributed by atoms with Gasteiger partial charge in [-0.3, -0.25) is 4.79 Å². The number of hydrogen-bond donors (Lipinski definition) is 0. The molecule has 0 N–H and O–H groups in total. The van der Waals surface area contributed by atoms with Crippen LogP contribution in [0.4, 0.5) is 0 Å². The zero-order valence-electron chi connectivity index (χ0n) is 11.4. The number of carbonyl (C=O) groups is 1. The van der Waals surface area contributed by atoms with E-state index in [0.717, 1.165) is 19.3 Å². The highest BCUT2D eigenvalue weighted by atomic mass is 16.7. The van der Waals surface area contributed by atoms with Crippen molar-refractivity contribution in [2.45, 2.75) is 65.6 Å². The lowest BCUT2D eigenvalue weighted by Crippen LogP contribution is -2.33. The van der Waals surface area contributed by atoms with Gasteiger partial charge in [-0.2, -0.15) is 0 Å². The van der Waals surface area contributed by atoms with Crippen molar-refractivity contribution in [1.29, 1.82) is 0 Å². The fourth-order valence-corrected chi connectivity index (χ4v) is 2.23. The summed E-state index contributed by atoms with van der Waals surface area (Å²) in [6.45, 7) is 6.47. The first-order valence-corrected chi connectivity index (χ1v) is 7.01. The summed E-state index contributed by atoms with van der Waals surface area (Å²) in [6.07, 6.45) is 6.51. The van der Waals surface area contributed by atoms with Crippen LogP contribution in [0.15, 0.2) is 0 Å².